The van der Waals surface area contributed by atoms with Crippen molar-refractivity contribution in [3.05, 3.63) is 24.0 Å². The van der Waals surface area contributed by atoms with E-state index in [1.165, 1.54) is 23.4 Å². The van der Waals surface area contributed by atoms with Crippen molar-refractivity contribution in [3.8, 4) is 5.75 Å². The average molecular weight is 362 g/mol. The molecule has 4 rings (SSSR count). The fourth-order valence-electron chi connectivity index (χ4n) is 3.99. The first kappa shape index (κ1) is 17.2. The lowest BCUT2D eigenvalue weighted by Gasteiger charge is -2.25. The van der Waals surface area contributed by atoms with Gasteiger partial charge >= 0.3 is 0 Å². The number of halogens is 1. The van der Waals surface area contributed by atoms with E-state index in [0.717, 1.165) is 32.2 Å². The molecule has 0 bridgehead atoms. The molecule has 26 heavy (non-hydrogen) atoms. The number of pyridine rings is 1. The van der Waals surface area contributed by atoms with Crippen LogP contribution in [0.1, 0.15) is 36.0 Å². The molecule has 0 radical (unpaired) electrons. The Morgan fingerprint density at radius 1 is 1.23 bits per heavy atom. The largest absolute Gasteiger partial charge is 0.506 e. The smallest absolute Gasteiger partial charge is 0.255 e. The Hall–Kier alpha value is -2.22. The van der Waals surface area contributed by atoms with Crippen LogP contribution in [0.2, 0.25) is 0 Å². The number of likely N-dealkylation sites (tertiary alicyclic amines) is 2. The first-order valence-electron chi connectivity index (χ1n) is 9.16. The van der Waals surface area contributed by atoms with Gasteiger partial charge in [-0.25, -0.2) is 4.39 Å². The minimum absolute atomic E-state index is 0.0730. The molecular weight excluding hydrogens is 339 g/mol. The van der Waals surface area contributed by atoms with Crippen molar-refractivity contribution in [1.82, 2.24) is 20.1 Å². The average Bonchev–Trinajstić information content (AvgIpc) is 3.23. The summed E-state index contributed by atoms with van der Waals surface area (Å²) in [5, 5.41) is 12.3. The van der Waals surface area contributed by atoms with E-state index in [-0.39, 0.29) is 36.4 Å². The maximum Gasteiger partial charge on any atom is 0.255 e. The van der Waals surface area contributed by atoms with E-state index in [9.17, 15) is 19.1 Å². The lowest BCUT2D eigenvalue weighted by molar-refractivity contribution is -0.126. The van der Waals surface area contributed by atoms with Crippen LogP contribution in [-0.2, 0) is 4.79 Å². The second-order valence-electron chi connectivity index (χ2n) is 7.40. The molecule has 1 unspecified atom stereocenters. The van der Waals surface area contributed by atoms with Crippen LogP contribution in [0.15, 0.2) is 18.5 Å². The normalized spacial score (nSPS) is 29.1. The molecule has 3 aliphatic rings. The highest BCUT2D eigenvalue weighted by molar-refractivity contribution is 5.94. The number of hydrogen-bond acceptors (Lipinski definition) is 5. The topological polar surface area (TPSA) is 85.8 Å². The molecule has 0 aromatic carbocycles. The second kappa shape index (κ2) is 6.83. The van der Waals surface area contributed by atoms with E-state index >= 15 is 0 Å². The zero-order chi connectivity index (χ0) is 18.3. The monoisotopic (exact) mass is 362 g/mol. The summed E-state index contributed by atoms with van der Waals surface area (Å²) in [5.74, 6) is -0.637. The molecule has 7 nitrogen and oxygen atoms in total. The maximum absolute atomic E-state index is 14.4. The van der Waals surface area contributed by atoms with E-state index in [1.54, 1.807) is 0 Å². The third-order valence-electron chi connectivity index (χ3n) is 5.45. The van der Waals surface area contributed by atoms with E-state index < -0.39 is 18.1 Å². The summed E-state index contributed by atoms with van der Waals surface area (Å²) in [7, 11) is 0. The van der Waals surface area contributed by atoms with Gasteiger partial charge in [-0.1, -0.05) is 0 Å². The number of alkyl halides is 1. The van der Waals surface area contributed by atoms with E-state index in [4.69, 9.17) is 0 Å². The number of nitrogens with zero attached hydrogens (tertiary/aromatic N) is 3. The SMILES string of the molecule is O=C(N[C@H]1CN(C(=O)c2cncc(O)c2)C[C@H]1F)C1CCCN1C1CC1. The van der Waals surface area contributed by atoms with Gasteiger partial charge in [0, 0.05) is 18.8 Å². The Balaban J connectivity index is 1.37. The molecule has 3 heterocycles. The number of aromatic hydroxyl groups is 1. The zero-order valence-electron chi connectivity index (χ0n) is 14.5. The van der Waals surface area contributed by atoms with Crippen LogP contribution in [0.4, 0.5) is 4.39 Å². The van der Waals surface area contributed by atoms with Crippen LogP contribution in [0.25, 0.3) is 0 Å². The summed E-state index contributed by atoms with van der Waals surface area (Å²) in [6.07, 6.45) is 5.35. The number of amides is 2. The lowest BCUT2D eigenvalue weighted by atomic mass is 10.1. The number of hydrogen-bond donors (Lipinski definition) is 2. The summed E-state index contributed by atoms with van der Waals surface area (Å²) in [4.78, 5) is 32.5. The quantitative estimate of drug-likeness (QED) is 0.823. The van der Waals surface area contributed by atoms with Gasteiger partial charge in [-0.2, -0.15) is 0 Å². The van der Waals surface area contributed by atoms with Crippen LogP contribution in [-0.4, -0.2) is 75.6 Å². The molecule has 2 aliphatic heterocycles. The molecule has 0 spiro atoms. The van der Waals surface area contributed by atoms with Gasteiger partial charge in [-0.05, 0) is 38.3 Å². The molecular formula is C18H23FN4O3. The van der Waals surface area contributed by atoms with E-state index in [1.807, 2.05) is 0 Å². The maximum atomic E-state index is 14.4. The van der Waals surface area contributed by atoms with Crippen LogP contribution in [0.5, 0.6) is 5.75 Å². The van der Waals surface area contributed by atoms with Crippen molar-refractivity contribution in [1.29, 1.82) is 0 Å². The first-order valence-corrected chi connectivity index (χ1v) is 9.16. The number of aromatic nitrogens is 1. The summed E-state index contributed by atoms with van der Waals surface area (Å²) in [6.45, 7) is 0.982. The number of nitrogens with one attached hydrogen (secondary N) is 1. The fraction of sp³-hybridized carbons (Fsp3) is 0.611. The van der Waals surface area contributed by atoms with Crippen molar-refractivity contribution >= 4 is 11.8 Å². The summed E-state index contributed by atoms with van der Waals surface area (Å²) >= 11 is 0. The summed E-state index contributed by atoms with van der Waals surface area (Å²) in [6, 6.07) is 0.947. The zero-order valence-corrected chi connectivity index (χ0v) is 14.5. The van der Waals surface area contributed by atoms with Crippen LogP contribution in [0.3, 0.4) is 0 Å². The van der Waals surface area contributed by atoms with Gasteiger partial charge < -0.3 is 15.3 Å². The Kier molecular flexibility index (Phi) is 4.52. The molecule has 1 aromatic heterocycles. The highest BCUT2D eigenvalue weighted by Crippen LogP contribution is 2.33. The summed E-state index contributed by atoms with van der Waals surface area (Å²) < 4.78 is 14.4. The van der Waals surface area contributed by atoms with Gasteiger partial charge in [0.2, 0.25) is 5.91 Å². The Morgan fingerprint density at radius 2 is 2.04 bits per heavy atom. The van der Waals surface area contributed by atoms with Crippen molar-refractivity contribution in [2.24, 2.45) is 0 Å². The fourth-order valence-corrected chi connectivity index (χ4v) is 3.99. The van der Waals surface area contributed by atoms with Gasteiger partial charge in [0.15, 0.2) is 0 Å². The molecule has 2 N–H and O–H groups in total. The molecule has 2 amide bonds. The molecule has 3 atom stereocenters. The van der Waals surface area contributed by atoms with Gasteiger partial charge in [-0.15, -0.1) is 0 Å². The lowest BCUT2D eigenvalue weighted by Crippen LogP contribution is -2.50. The molecule has 1 aliphatic carbocycles. The summed E-state index contributed by atoms with van der Waals surface area (Å²) in [5.41, 5.74) is 0.208. The predicted octanol–water partition coefficient (Wildman–Crippen LogP) is 0.693. The Morgan fingerprint density at radius 3 is 2.77 bits per heavy atom. The standard InChI is InChI=1S/C18H23FN4O3/c19-14-9-22(18(26)11-6-13(24)8-20-7-11)10-15(14)21-17(25)16-2-1-5-23(16)12-3-4-12/h6-8,12,14-16,24H,1-5,9-10H2,(H,21,25)/t14-,15+,16?/m1/s1. The van der Waals surface area contributed by atoms with E-state index in [0.29, 0.717) is 6.04 Å². The second-order valence-corrected chi connectivity index (χ2v) is 7.40. The molecule has 3 fully saturated rings. The molecule has 2 saturated heterocycles. The minimum Gasteiger partial charge on any atom is -0.506 e. The first-order chi connectivity index (χ1) is 12.5. The van der Waals surface area contributed by atoms with Crippen LogP contribution < -0.4 is 5.32 Å². The van der Waals surface area contributed by atoms with E-state index in [2.05, 4.69) is 15.2 Å². The van der Waals surface area contributed by atoms with Crippen molar-refractivity contribution in [2.45, 2.75) is 50.0 Å². The Bertz CT molecular complexity index is 711. The third-order valence-corrected chi connectivity index (χ3v) is 5.45. The highest BCUT2D eigenvalue weighted by Gasteiger charge is 2.42. The molecule has 1 saturated carbocycles. The van der Waals surface area contributed by atoms with Gasteiger partial charge in [0.25, 0.3) is 5.91 Å². The number of carbonyl (C=O) groups is 2. The number of rotatable bonds is 4. The predicted molar refractivity (Wildman–Crippen MR) is 91.4 cm³/mol. The van der Waals surface area contributed by atoms with Crippen molar-refractivity contribution < 1.29 is 19.1 Å². The molecule has 8 heteroatoms. The van der Waals surface area contributed by atoms with Crippen LogP contribution >= 0.6 is 0 Å². The molecule has 1 aromatic rings. The van der Waals surface area contributed by atoms with Gasteiger partial charge in [0.05, 0.1) is 30.4 Å². The van der Waals surface area contributed by atoms with Crippen molar-refractivity contribution in [2.75, 3.05) is 19.6 Å². The molecule has 140 valence electrons. The minimum atomic E-state index is -1.30. The number of carbonyl (C=O) groups excluding carboxylic acids is 2. The van der Waals surface area contributed by atoms with Gasteiger partial charge in [0.1, 0.15) is 11.9 Å². The Labute approximate surface area is 151 Å². The van der Waals surface area contributed by atoms with Gasteiger partial charge in [-0.3, -0.25) is 19.5 Å². The van der Waals surface area contributed by atoms with Crippen LogP contribution in [0, 0.1) is 0 Å². The highest BCUT2D eigenvalue weighted by atomic mass is 19.1. The van der Waals surface area contributed by atoms with Crippen molar-refractivity contribution in [3.63, 3.8) is 0 Å². The third kappa shape index (κ3) is 3.38.